The van der Waals surface area contributed by atoms with Gasteiger partial charge in [0.15, 0.2) is 0 Å². The van der Waals surface area contributed by atoms with Crippen molar-refractivity contribution in [2.45, 2.75) is 64.1 Å². The lowest BCUT2D eigenvalue weighted by Gasteiger charge is -2.31. The van der Waals surface area contributed by atoms with Gasteiger partial charge in [-0.05, 0) is 31.7 Å². The van der Waals surface area contributed by atoms with Crippen LogP contribution in [0.2, 0.25) is 0 Å². The summed E-state index contributed by atoms with van der Waals surface area (Å²) in [5.74, 6) is 0.455. The molecule has 1 unspecified atom stereocenters. The van der Waals surface area contributed by atoms with Gasteiger partial charge in [0.2, 0.25) is 0 Å². The Morgan fingerprint density at radius 2 is 1.81 bits per heavy atom. The third-order valence-electron chi connectivity index (χ3n) is 3.42. The van der Waals surface area contributed by atoms with E-state index < -0.39 is 12.6 Å². The molecule has 0 saturated heterocycles. The molecule has 0 aliphatic heterocycles. The first-order valence-corrected chi connectivity index (χ1v) is 6.33. The molecule has 4 heteroatoms. The van der Waals surface area contributed by atoms with Gasteiger partial charge >= 0.3 is 6.18 Å². The highest BCUT2D eigenvalue weighted by molar-refractivity contribution is 4.79. The van der Waals surface area contributed by atoms with Gasteiger partial charge in [0, 0.05) is 12.5 Å². The third kappa shape index (κ3) is 5.19. The number of alkyl halides is 3. The van der Waals surface area contributed by atoms with Crippen molar-refractivity contribution in [3.8, 4) is 0 Å². The zero-order valence-corrected chi connectivity index (χ0v) is 9.95. The summed E-state index contributed by atoms with van der Waals surface area (Å²) in [6, 6.07) is 0.0620. The molecule has 1 N–H and O–H groups in total. The van der Waals surface area contributed by atoms with Crippen LogP contribution in [0.5, 0.6) is 0 Å². The predicted molar refractivity (Wildman–Crippen MR) is 59.3 cm³/mol. The van der Waals surface area contributed by atoms with Crippen molar-refractivity contribution < 1.29 is 13.2 Å². The third-order valence-corrected chi connectivity index (χ3v) is 3.42. The largest absolute Gasteiger partial charge is 0.389 e. The molecule has 0 aromatic heterocycles. The Balaban J connectivity index is 2.39. The summed E-state index contributed by atoms with van der Waals surface area (Å²) < 4.78 is 36.6. The fourth-order valence-corrected chi connectivity index (χ4v) is 2.62. The molecule has 1 nitrogen and oxygen atoms in total. The molecule has 0 aromatic rings. The number of rotatable bonds is 5. The molecule has 0 aromatic carbocycles. The minimum atomic E-state index is -4.01. The molecule has 1 rings (SSSR count). The maximum atomic E-state index is 12.2. The van der Waals surface area contributed by atoms with Crippen LogP contribution in [0.15, 0.2) is 0 Å². The first kappa shape index (κ1) is 13.8. The van der Waals surface area contributed by atoms with Crippen molar-refractivity contribution >= 4 is 0 Å². The summed E-state index contributed by atoms with van der Waals surface area (Å²) in [5, 5.41) is 3.22. The summed E-state index contributed by atoms with van der Waals surface area (Å²) in [6.07, 6.45) is 1.36. The molecule has 1 saturated carbocycles. The smallest absolute Gasteiger partial charge is 0.314 e. The van der Waals surface area contributed by atoms with Crippen molar-refractivity contribution in [3.63, 3.8) is 0 Å². The number of halogens is 3. The van der Waals surface area contributed by atoms with Gasteiger partial charge in [0.05, 0.1) is 0 Å². The molecule has 1 atom stereocenters. The van der Waals surface area contributed by atoms with Gasteiger partial charge in [-0.15, -0.1) is 0 Å². The maximum Gasteiger partial charge on any atom is 0.389 e. The van der Waals surface area contributed by atoms with Crippen molar-refractivity contribution in [1.29, 1.82) is 0 Å². The van der Waals surface area contributed by atoms with Crippen LogP contribution in [0.25, 0.3) is 0 Å². The van der Waals surface area contributed by atoms with E-state index in [9.17, 15) is 13.2 Å². The van der Waals surface area contributed by atoms with Gasteiger partial charge in [-0.3, -0.25) is 0 Å². The highest BCUT2D eigenvalue weighted by Gasteiger charge is 2.31. The van der Waals surface area contributed by atoms with Gasteiger partial charge in [-0.25, -0.2) is 0 Å². The van der Waals surface area contributed by atoms with Gasteiger partial charge < -0.3 is 5.32 Å². The van der Waals surface area contributed by atoms with Crippen LogP contribution in [0.4, 0.5) is 13.2 Å². The van der Waals surface area contributed by atoms with E-state index >= 15 is 0 Å². The average Bonchev–Trinajstić information content (AvgIpc) is 2.24. The molecule has 1 aliphatic carbocycles. The van der Waals surface area contributed by atoms with Gasteiger partial charge in [-0.2, -0.15) is 13.2 Å². The summed E-state index contributed by atoms with van der Waals surface area (Å²) in [7, 11) is 0. The second kappa shape index (κ2) is 6.48. The molecule has 96 valence electrons. The van der Waals surface area contributed by atoms with Crippen molar-refractivity contribution in [3.05, 3.63) is 0 Å². The zero-order chi connectivity index (χ0) is 12.0. The normalized spacial score (nSPS) is 21.0. The second-order valence-corrected chi connectivity index (χ2v) is 4.72. The quantitative estimate of drug-likeness (QED) is 0.765. The van der Waals surface area contributed by atoms with Crippen molar-refractivity contribution in [2.75, 3.05) is 6.54 Å². The Labute approximate surface area is 95.8 Å². The highest BCUT2D eigenvalue weighted by Crippen LogP contribution is 2.31. The summed E-state index contributed by atoms with van der Waals surface area (Å²) in [4.78, 5) is 0. The molecule has 0 radical (unpaired) electrons. The van der Waals surface area contributed by atoms with Crippen LogP contribution in [0.3, 0.4) is 0 Å². The number of hydrogen-bond acceptors (Lipinski definition) is 1. The van der Waals surface area contributed by atoms with E-state index in [4.69, 9.17) is 0 Å². The van der Waals surface area contributed by atoms with Crippen LogP contribution < -0.4 is 5.32 Å². The Bertz CT molecular complexity index is 185. The van der Waals surface area contributed by atoms with E-state index in [1.165, 1.54) is 19.3 Å². The monoisotopic (exact) mass is 237 g/mol. The Morgan fingerprint density at radius 3 is 2.31 bits per heavy atom. The average molecular weight is 237 g/mol. The maximum absolute atomic E-state index is 12.2. The first-order valence-electron chi connectivity index (χ1n) is 6.33. The van der Waals surface area contributed by atoms with E-state index in [1.54, 1.807) is 0 Å². The number of nitrogens with one attached hydrogen (secondary N) is 1. The van der Waals surface area contributed by atoms with E-state index in [1.807, 2.05) is 6.92 Å². The molecule has 0 heterocycles. The van der Waals surface area contributed by atoms with Crippen molar-refractivity contribution in [1.82, 2.24) is 5.32 Å². The standard InChI is InChI=1S/C12H22F3N/c1-2-16-11(8-9-12(13,14)15)10-6-4-3-5-7-10/h10-11,16H,2-9H2,1H3. The lowest BCUT2D eigenvalue weighted by atomic mass is 9.82. The Morgan fingerprint density at radius 1 is 1.19 bits per heavy atom. The predicted octanol–water partition coefficient (Wildman–Crippen LogP) is 3.89. The lowest BCUT2D eigenvalue weighted by Crippen LogP contribution is -2.38. The molecular weight excluding hydrogens is 215 g/mol. The van der Waals surface area contributed by atoms with E-state index in [0.29, 0.717) is 5.92 Å². The van der Waals surface area contributed by atoms with Gasteiger partial charge in [-0.1, -0.05) is 26.2 Å². The fraction of sp³-hybridized carbons (Fsp3) is 1.00. The van der Waals surface area contributed by atoms with Crippen LogP contribution in [-0.2, 0) is 0 Å². The van der Waals surface area contributed by atoms with Crippen LogP contribution in [0, 0.1) is 5.92 Å². The zero-order valence-electron chi connectivity index (χ0n) is 9.95. The minimum absolute atomic E-state index is 0.0620. The molecular formula is C12H22F3N. The highest BCUT2D eigenvalue weighted by atomic mass is 19.4. The van der Waals surface area contributed by atoms with Crippen LogP contribution in [0.1, 0.15) is 51.9 Å². The molecule has 0 amide bonds. The fourth-order valence-electron chi connectivity index (χ4n) is 2.62. The summed E-state index contributed by atoms with van der Waals surface area (Å²) in [6.45, 7) is 2.72. The Kier molecular flexibility index (Phi) is 5.59. The summed E-state index contributed by atoms with van der Waals surface area (Å²) >= 11 is 0. The molecule has 0 spiro atoms. The first-order chi connectivity index (χ1) is 7.53. The molecule has 16 heavy (non-hydrogen) atoms. The van der Waals surface area contributed by atoms with Crippen LogP contribution >= 0.6 is 0 Å². The molecule has 1 aliphatic rings. The van der Waals surface area contributed by atoms with E-state index in [0.717, 1.165) is 19.4 Å². The van der Waals surface area contributed by atoms with E-state index in [-0.39, 0.29) is 12.5 Å². The van der Waals surface area contributed by atoms with Crippen molar-refractivity contribution in [2.24, 2.45) is 5.92 Å². The van der Waals surface area contributed by atoms with Gasteiger partial charge in [0.25, 0.3) is 0 Å². The second-order valence-electron chi connectivity index (χ2n) is 4.72. The van der Waals surface area contributed by atoms with E-state index in [2.05, 4.69) is 5.32 Å². The van der Waals surface area contributed by atoms with Crippen LogP contribution in [-0.4, -0.2) is 18.8 Å². The number of hydrogen-bond donors (Lipinski definition) is 1. The minimum Gasteiger partial charge on any atom is -0.314 e. The summed E-state index contributed by atoms with van der Waals surface area (Å²) in [5.41, 5.74) is 0. The SMILES string of the molecule is CCNC(CCC(F)(F)F)C1CCCCC1. The molecule has 1 fully saturated rings. The topological polar surface area (TPSA) is 12.0 Å². The van der Waals surface area contributed by atoms with Gasteiger partial charge in [0.1, 0.15) is 0 Å². The lowest BCUT2D eigenvalue weighted by molar-refractivity contribution is -0.137. The molecule has 0 bridgehead atoms. The Hall–Kier alpha value is -0.250.